The van der Waals surface area contributed by atoms with E-state index in [1.807, 2.05) is 37.3 Å². The van der Waals surface area contributed by atoms with Gasteiger partial charge in [-0.25, -0.2) is 0 Å². The van der Waals surface area contributed by atoms with Gasteiger partial charge >= 0.3 is 0 Å². The molecule has 3 heteroatoms. The summed E-state index contributed by atoms with van der Waals surface area (Å²) in [7, 11) is 0. The van der Waals surface area contributed by atoms with E-state index in [-0.39, 0.29) is 11.4 Å². The van der Waals surface area contributed by atoms with E-state index < -0.39 is 5.92 Å². The Morgan fingerprint density at radius 3 is 2.56 bits per heavy atom. The second kappa shape index (κ2) is 3.97. The number of carbonyl (C=O) groups is 1. The number of rotatable bonds is 3. The predicted molar refractivity (Wildman–Crippen MR) is 60.6 cm³/mol. The molecule has 1 fully saturated rings. The van der Waals surface area contributed by atoms with Gasteiger partial charge in [-0.1, -0.05) is 30.3 Å². The summed E-state index contributed by atoms with van der Waals surface area (Å²) in [6.07, 6.45) is 2.01. The molecule has 1 N–H and O–H groups in total. The lowest BCUT2D eigenvalue weighted by atomic mass is 9.99. The minimum atomic E-state index is -0.696. The maximum Gasteiger partial charge on any atom is 0.242 e. The van der Waals surface area contributed by atoms with E-state index in [4.69, 9.17) is 5.26 Å². The molecule has 0 aliphatic heterocycles. The van der Waals surface area contributed by atoms with Crippen molar-refractivity contribution in [1.82, 2.24) is 5.32 Å². The van der Waals surface area contributed by atoms with Gasteiger partial charge < -0.3 is 5.32 Å². The fourth-order valence-corrected chi connectivity index (χ4v) is 1.61. The number of amides is 1. The van der Waals surface area contributed by atoms with E-state index in [1.54, 1.807) is 0 Å². The molecule has 1 atom stereocenters. The lowest BCUT2D eigenvalue weighted by molar-refractivity contribution is -0.122. The lowest BCUT2D eigenvalue weighted by Crippen LogP contribution is -2.37. The van der Waals surface area contributed by atoms with Crippen LogP contribution in [0.25, 0.3) is 0 Å². The molecule has 1 saturated carbocycles. The number of benzene rings is 1. The van der Waals surface area contributed by atoms with Gasteiger partial charge in [0.05, 0.1) is 6.07 Å². The average molecular weight is 214 g/mol. The van der Waals surface area contributed by atoms with Crippen molar-refractivity contribution in [3.05, 3.63) is 35.9 Å². The molecule has 1 aromatic rings. The smallest absolute Gasteiger partial charge is 0.242 e. The van der Waals surface area contributed by atoms with Gasteiger partial charge in [-0.3, -0.25) is 4.79 Å². The minimum absolute atomic E-state index is 0.0685. The van der Waals surface area contributed by atoms with Crippen LogP contribution in [0.15, 0.2) is 30.3 Å². The highest BCUT2D eigenvalue weighted by Gasteiger charge is 2.40. The van der Waals surface area contributed by atoms with Crippen molar-refractivity contribution in [3.8, 4) is 6.07 Å². The molecule has 0 saturated heterocycles. The molecule has 2 rings (SSSR count). The van der Waals surface area contributed by atoms with Gasteiger partial charge in [0.15, 0.2) is 0 Å². The van der Waals surface area contributed by atoms with Crippen LogP contribution in [-0.4, -0.2) is 11.4 Å². The first-order valence-electron chi connectivity index (χ1n) is 5.41. The Morgan fingerprint density at radius 2 is 2.06 bits per heavy atom. The molecule has 0 aromatic heterocycles. The quantitative estimate of drug-likeness (QED) is 0.836. The predicted octanol–water partition coefficient (Wildman–Crippen LogP) is 1.96. The van der Waals surface area contributed by atoms with Crippen molar-refractivity contribution in [3.63, 3.8) is 0 Å². The highest BCUT2D eigenvalue weighted by Crippen LogP contribution is 2.35. The van der Waals surface area contributed by atoms with Crippen LogP contribution in [0.5, 0.6) is 0 Å². The molecule has 1 aliphatic rings. The maximum absolute atomic E-state index is 11.9. The molecule has 1 aliphatic carbocycles. The van der Waals surface area contributed by atoms with E-state index in [0.717, 1.165) is 18.4 Å². The molecular weight excluding hydrogens is 200 g/mol. The van der Waals surface area contributed by atoms with Crippen LogP contribution >= 0.6 is 0 Å². The van der Waals surface area contributed by atoms with E-state index in [2.05, 4.69) is 11.4 Å². The Kier molecular flexibility index (Phi) is 2.66. The first-order chi connectivity index (χ1) is 7.64. The molecule has 0 radical (unpaired) electrons. The second-order valence-corrected chi connectivity index (χ2v) is 4.52. The monoisotopic (exact) mass is 214 g/mol. The summed E-state index contributed by atoms with van der Waals surface area (Å²) >= 11 is 0. The van der Waals surface area contributed by atoms with Crippen molar-refractivity contribution in [2.75, 3.05) is 0 Å². The van der Waals surface area contributed by atoms with Crippen LogP contribution in [0.2, 0.25) is 0 Å². The first kappa shape index (κ1) is 10.7. The summed E-state index contributed by atoms with van der Waals surface area (Å²) in [5.74, 6) is -0.882. The summed E-state index contributed by atoms with van der Waals surface area (Å²) in [5, 5.41) is 12.0. The number of nitrogens with one attached hydrogen (secondary N) is 1. The third-order valence-electron chi connectivity index (χ3n) is 2.95. The fraction of sp³-hybridized carbons (Fsp3) is 0.385. The van der Waals surface area contributed by atoms with Crippen molar-refractivity contribution in [1.29, 1.82) is 5.26 Å². The first-order valence-corrected chi connectivity index (χ1v) is 5.41. The molecule has 0 spiro atoms. The number of hydrogen-bond acceptors (Lipinski definition) is 2. The second-order valence-electron chi connectivity index (χ2n) is 4.52. The average Bonchev–Trinajstić information content (AvgIpc) is 2.98. The Balaban J connectivity index is 2.11. The fourth-order valence-electron chi connectivity index (χ4n) is 1.61. The Bertz CT molecular complexity index is 429. The minimum Gasteiger partial charge on any atom is -0.350 e. The molecule has 16 heavy (non-hydrogen) atoms. The maximum atomic E-state index is 11.9. The van der Waals surface area contributed by atoms with Crippen molar-refractivity contribution >= 4 is 5.91 Å². The molecule has 0 bridgehead atoms. The summed E-state index contributed by atoms with van der Waals surface area (Å²) in [6.45, 7) is 2.00. The topological polar surface area (TPSA) is 52.9 Å². The third kappa shape index (κ3) is 2.22. The van der Waals surface area contributed by atoms with Gasteiger partial charge in [-0.15, -0.1) is 0 Å². The van der Waals surface area contributed by atoms with Crippen LogP contribution in [0, 0.1) is 11.3 Å². The molecule has 1 amide bonds. The lowest BCUT2D eigenvalue weighted by Gasteiger charge is -2.14. The van der Waals surface area contributed by atoms with Gasteiger partial charge in [0.25, 0.3) is 0 Å². The van der Waals surface area contributed by atoms with Crippen LogP contribution in [0.4, 0.5) is 0 Å². The number of nitriles is 1. The van der Waals surface area contributed by atoms with E-state index in [9.17, 15) is 4.79 Å². The zero-order chi connectivity index (χ0) is 11.6. The van der Waals surface area contributed by atoms with Crippen molar-refractivity contribution in [2.45, 2.75) is 31.2 Å². The largest absolute Gasteiger partial charge is 0.350 e. The highest BCUT2D eigenvalue weighted by molar-refractivity contribution is 5.87. The summed E-state index contributed by atoms with van der Waals surface area (Å²) in [5.41, 5.74) is 0.688. The van der Waals surface area contributed by atoms with E-state index in [0.29, 0.717) is 0 Å². The van der Waals surface area contributed by atoms with Crippen LogP contribution in [0.3, 0.4) is 0 Å². The normalized spacial score (nSPS) is 18.2. The van der Waals surface area contributed by atoms with Gasteiger partial charge in [0.2, 0.25) is 5.91 Å². The summed E-state index contributed by atoms with van der Waals surface area (Å²) in [6, 6.07) is 11.2. The summed E-state index contributed by atoms with van der Waals surface area (Å²) in [4.78, 5) is 11.9. The molecule has 1 unspecified atom stereocenters. The van der Waals surface area contributed by atoms with Gasteiger partial charge in [0.1, 0.15) is 5.92 Å². The number of hydrogen-bond donors (Lipinski definition) is 1. The van der Waals surface area contributed by atoms with Gasteiger partial charge in [-0.2, -0.15) is 5.26 Å². The van der Waals surface area contributed by atoms with E-state index >= 15 is 0 Å². The van der Waals surface area contributed by atoms with Crippen LogP contribution < -0.4 is 5.32 Å². The molecule has 1 aromatic carbocycles. The van der Waals surface area contributed by atoms with Crippen molar-refractivity contribution < 1.29 is 4.79 Å². The van der Waals surface area contributed by atoms with Crippen LogP contribution in [-0.2, 0) is 4.79 Å². The molecule has 0 heterocycles. The zero-order valence-corrected chi connectivity index (χ0v) is 9.23. The number of carbonyl (C=O) groups excluding carboxylic acids is 1. The summed E-state index contributed by atoms with van der Waals surface area (Å²) < 4.78 is 0. The van der Waals surface area contributed by atoms with Gasteiger partial charge in [0, 0.05) is 5.54 Å². The SMILES string of the molecule is CC1(NC(=O)C(C#N)c2ccccc2)CC1. The van der Waals surface area contributed by atoms with Crippen molar-refractivity contribution in [2.24, 2.45) is 0 Å². The molecule has 82 valence electrons. The van der Waals surface area contributed by atoms with E-state index in [1.165, 1.54) is 0 Å². The Morgan fingerprint density at radius 1 is 1.44 bits per heavy atom. The third-order valence-corrected chi connectivity index (χ3v) is 2.95. The number of nitrogens with zero attached hydrogens (tertiary/aromatic N) is 1. The zero-order valence-electron chi connectivity index (χ0n) is 9.23. The Hall–Kier alpha value is -1.82. The molecular formula is C13H14N2O. The molecule has 3 nitrogen and oxygen atoms in total. The standard InChI is InChI=1S/C13H14N2O/c1-13(7-8-13)15-12(16)11(9-14)10-5-3-2-4-6-10/h2-6,11H,7-8H2,1H3,(H,15,16). The highest BCUT2D eigenvalue weighted by atomic mass is 16.2. The van der Waals surface area contributed by atoms with Gasteiger partial charge in [-0.05, 0) is 25.3 Å². The Labute approximate surface area is 95.1 Å². The van der Waals surface area contributed by atoms with Crippen LogP contribution in [0.1, 0.15) is 31.2 Å².